The lowest BCUT2D eigenvalue weighted by Gasteiger charge is -2.24. The molecule has 15 nitrogen and oxygen atoms in total. The summed E-state index contributed by atoms with van der Waals surface area (Å²) in [6.45, 7) is 0. The van der Waals surface area contributed by atoms with Crippen LogP contribution in [0.5, 0.6) is 0 Å². The van der Waals surface area contributed by atoms with Crippen LogP contribution in [-0.2, 0) is 0 Å². The molecule has 0 saturated heterocycles. The third-order valence-corrected chi connectivity index (χ3v) is 28.3. The zero-order valence-corrected chi connectivity index (χ0v) is 80.2. The first-order chi connectivity index (χ1) is 80.7. The van der Waals surface area contributed by atoms with E-state index >= 15 is 0 Å². The summed E-state index contributed by atoms with van der Waals surface area (Å²) in [6.07, 6.45) is -5.46. The molecule has 9 heterocycles. The van der Waals surface area contributed by atoms with Crippen LogP contribution < -0.4 is 0 Å². The van der Waals surface area contributed by atoms with Gasteiger partial charge in [0, 0.05) is 122 Å². The van der Waals surface area contributed by atoms with Crippen molar-refractivity contribution in [2.45, 2.75) is 37.9 Å². The molecule has 4 unspecified atom stereocenters. The Morgan fingerprint density at radius 1 is 0.193 bits per heavy atom. The lowest BCUT2D eigenvalue weighted by molar-refractivity contribution is 0.444. The second-order valence-corrected chi connectivity index (χ2v) is 36.9. The minimum atomic E-state index is -1.12. The Kier molecular flexibility index (Phi) is 18.3. The standard InChI is InChI=1S/2C45H29N5.C45H35N5/c1-4-15-30(16-5-1)32-19-14-20-33(29-32)44-46-43(31-17-6-2-7-18-31)47-45(48-44)50-38-26-13-11-24-36(38)42-40(50)28-27-39-41(42)35-23-10-12-25-37(35)49(39)34-21-8-3-9-22-34;1-4-14-30(15-5-1)31-24-26-33(27-25-31)44-46-43(32-16-6-2-7-17-32)47-45(48-44)50-39-23-13-11-21-37(39)41-40(50)29-28-36-35-20-10-12-22-38(35)49(42(36)41)34-18-8-3-9-19-34;1-4-16-30(17-5-1)33-22-10-11-23-34(33)44-46-43(31-18-6-2-7-19-31)47-45(48-44)50-38-27-15-13-25-36(38)42-40(50)29-28-39-41(42)35-24-12-14-26-37(35)49(39)32-20-8-3-9-21-32/h2*1-29H;2-3,6-15,18-30H,1,4-5,16-17H2/i1D,4D,5D,15D,16D;1D,4D,5D,14D,15D;1D,4D,5D,16D,17D. The van der Waals surface area contributed by atoms with Crippen LogP contribution in [0.15, 0.2) is 497 Å². The summed E-state index contributed by atoms with van der Waals surface area (Å²) in [5, 5.41) is 13.3. The molecule has 1 aliphatic rings. The van der Waals surface area contributed by atoms with E-state index in [1.54, 1.807) is 30.3 Å². The molecule has 708 valence electrons. The second-order valence-electron chi connectivity index (χ2n) is 36.9. The molecular formula is C135H93N15. The fraction of sp³-hybridized carbons (Fsp3) is 0.0444. The third-order valence-electron chi connectivity index (χ3n) is 28.3. The molecule has 150 heavy (non-hydrogen) atoms. The molecule has 0 N–H and O–H groups in total. The molecule has 15 heteroatoms. The minimum absolute atomic E-state index is 0.117. The largest absolute Gasteiger partial charge is 0.309 e. The summed E-state index contributed by atoms with van der Waals surface area (Å²) in [5.74, 6) is 3.16. The molecule has 0 radical (unpaired) electrons. The maximum Gasteiger partial charge on any atom is 0.238 e. The molecule has 4 atom stereocenters. The number of hydrogen-bond acceptors (Lipinski definition) is 9. The lowest BCUT2D eigenvalue weighted by Crippen LogP contribution is -2.09. The molecule has 0 bridgehead atoms. The highest BCUT2D eigenvalue weighted by atomic mass is 15.2. The van der Waals surface area contributed by atoms with E-state index in [9.17, 15) is 0 Å². The van der Waals surface area contributed by atoms with Gasteiger partial charge in [-0.2, -0.15) is 29.9 Å². The van der Waals surface area contributed by atoms with Gasteiger partial charge in [0.2, 0.25) is 17.8 Å². The Bertz CT molecular complexity index is 11100. The number of rotatable bonds is 15. The summed E-state index contributed by atoms with van der Waals surface area (Å²) in [7, 11) is 0. The van der Waals surface area contributed by atoms with E-state index in [4.69, 9.17) is 65.4 Å². The quantitative estimate of drug-likeness (QED) is 0.0979. The predicted octanol–water partition coefficient (Wildman–Crippen LogP) is 33.6. The smallest absolute Gasteiger partial charge is 0.238 e. The number of aromatic nitrogens is 15. The van der Waals surface area contributed by atoms with Crippen LogP contribution in [0.4, 0.5) is 0 Å². The van der Waals surface area contributed by atoms with Gasteiger partial charge in [-0.25, -0.2) is 15.0 Å². The van der Waals surface area contributed by atoms with Crippen molar-refractivity contribution in [3.05, 3.63) is 503 Å². The van der Waals surface area contributed by atoms with Gasteiger partial charge in [-0.15, -0.1) is 0 Å². The average molecular weight is 1940 g/mol. The number of nitrogens with zero attached hydrogens (tertiary/aromatic N) is 15. The SMILES string of the molecule is [2H]C1C([2H])C([2H])C(c2ccccc2-c2nc(-c3ccccc3)nc(-n3c4ccccc4c4c5c6ccccc6n(-c6ccccc6)c5ccc43)n2)C([2H])C1[2H].[2H]c1c([2H])c([2H])c(-c2ccc(-c3nc(-c4ccccc4)nc(-n4c5ccccc5c5c4ccc4c6ccccc6n(-c6ccccc6)c45)n3)cc2)c([2H])c1[2H].[2H]c1c([2H])c([2H])c(-c2cccc(-c3nc(-c4ccccc4)nc(-n4c5ccccc5c5c6c7ccccc7n(-c7ccccc7)c6ccc54)n3)c2)c([2H])c1[2H]. The van der Waals surface area contributed by atoms with Crippen molar-refractivity contribution >= 4 is 131 Å². The molecule has 20 aromatic carbocycles. The molecule has 1 aliphatic carbocycles. The van der Waals surface area contributed by atoms with Crippen molar-refractivity contribution < 1.29 is 20.6 Å². The average Bonchev–Trinajstić information content (AvgIpc) is 1.55. The van der Waals surface area contributed by atoms with Crippen molar-refractivity contribution in [1.82, 2.24) is 72.3 Å². The van der Waals surface area contributed by atoms with E-state index in [2.05, 4.69) is 264 Å². The Labute approximate surface area is 884 Å². The Morgan fingerprint density at radius 3 is 0.920 bits per heavy atom. The third kappa shape index (κ3) is 15.3. The van der Waals surface area contributed by atoms with Gasteiger partial charge < -0.3 is 13.7 Å². The molecule has 0 amide bonds. The molecule has 1 fully saturated rings. The van der Waals surface area contributed by atoms with Gasteiger partial charge in [0.25, 0.3) is 0 Å². The monoisotopic (exact) mass is 1940 g/mol. The van der Waals surface area contributed by atoms with Crippen molar-refractivity contribution in [1.29, 1.82) is 0 Å². The van der Waals surface area contributed by atoms with E-state index in [-0.39, 0.29) is 59.5 Å². The molecule has 0 aliphatic heterocycles. The van der Waals surface area contributed by atoms with Crippen LogP contribution in [0.3, 0.4) is 0 Å². The van der Waals surface area contributed by atoms with E-state index in [1.165, 1.54) is 5.39 Å². The topological polar surface area (TPSA) is 146 Å². The van der Waals surface area contributed by atoms with Crippen LogP contribution in [0, 0.1) is 0 Å². The number of para-hydroxylation sites is 9. The number of benzene rings is 20. The fourth-order valence-corrected chi connectivity index (χ4v) is 21.8. The second kappa shape index (κ2) is 37.4. The van der Waals surface area contributed by atoms with Crippen LogP contribution >= 0.6 is 0 Å². The Balaban J connectivity index is 0.000000116. The first kappa shape index (κ1) is 73.3. The van der Waals surface area contributed by atoms with Gasteiger partial charge in [0.05, 0.1) is 79.9 Å². The highest BCUT2D eigenvalue weighted by Crippen LogP contribution is 2.49. The van der Waals surface area contributed by atoms with Crippen LogP contribution in [-0.4, -0.2) is 72.3 Å². The molecule has 9 aromatic heterocycles. The zero-order chi connectivity index (χ0) is 112. The van der Waals surface area contributed by atoms with E-state index in [0.29, 0.717) is 86.2 Å². The highest BCUT2D eigenvalue weighted by molar-refractivity contribution is 6.31. The number of hydrogen-bond donors (Lipinski definition) is 0. The summed E-state index contributed by atoms with van der Waals surface area (Å²) in [4.78, 5) is 45.8. The van der Waals surface area contributed by atoms with Crippen molar-refractivity contribution in [3.8, 4) is 125 Å². The summed E-state index contributed by atoms with van der Waals surface area (Å²) in [6, 6.07) is 142. The predicted molar refractivity (Wildman–Crippen MR) is 615 cm³/mol. The molecule has 1 saturated carbocycles. The van der Waals surface area contributed by atoms with E-state index in [1.807, 2.05) is 170 Å². The van der Waals surface area contributed by atoms with Crippen molar-refractivity contribution in [2.75, 3.05) is 0 Å². The van der Waals surface area contributed by atoms with Gasteiger partial charge in [-0.1, -0.05) is 407 Å². The maximum absolute atomic E-state index is 9.01. The summed E-state index contributed by atoms with van der Waals surface area (Å²) in [5.41, 5.74) is 21.7. The normalized spacial score (nSPS) is 16.6. The summed E-state index contributed by atoms with van der Waals surface area (Å²) < 4.78 is 140. The van der Waals surface area contributed by atoms with Crippen molar-refractivity contribution in [2.24, 2.45) is 0 Å². The van der Waals surface area contributed by atoms with E-state index < -0.39 is 50.0 Å². The number of fused-ring (bicyclic) bond motifs is 21. The lowest BCUT2D eigenvalue weighted by atomic mass is 9.82. The van der Waals surface area contributed by atoms with Gasteiger partial charge in [0.1, 0.15) is 0 Å². The molecule has 30 rings (SSSR count). The minimum Gasteiger partial charge on any atom is -0.309 e. The summed E-state index contributed by atoms with van der Waals surface area (Å²) >= 11 is 0. The fourth-order valence-electron chi connectivity index (χ4n) is 21.8. The highest BCUT2D eigenvalue weighted by Gasteiger charge is 2.30. The Hall–Kier alpha value is -19.8. The van der Waals surface area contributed by atoms with Gasteiger partial charge in [-0.3, -0.25) is 13.7 Å². The first-order valence-electron chi connectivity index (χ1n) is 57.6. The molecule has 29 aromatic rings. The maximum atomic E-state index is 9.01. The first-order valence-corrected chi connectivity index (χ1v) is 49.7. The van der Waals surface area contributed by atoms with Gasteiger partial charge in [0.15, 0.2) is 34.9 Å². The van der Waals surface area contributed by atoms with Crippen LogP contribution in [0.25, 0.3) is 256 Å². The van der Waals surface area contributed by atoms with E-state index in [0.717, 1.165) is 159 Å². The van der Waals surface area contributed by atoms with Crippen molar-refractivity contribution in [3.63, 3.8) is 0 Å². The molecule has 0 spiro atoms. The van der Waals surface area contributed by atoms with Gasteiger partial charge in [-0.05, 0) is 156 Å². The zero-order valence-electron chi connectivity index (χ0n) is 95.2. The Morgan fingerprint density at radius 2 is 0.487 bits per heavy atom. The molecular weight excluding hydrogens is 1830 g/mol. The van der Waals surface area contributed by atoms with Gasteiger partial charge >= 0.3 is 0 Å². The van der Waals surface area contributed by atoms with Crippen LogP contribution in [0.1, 0.15) is 64.0 Å². The van der Waals surface area contributed by atoms with Crippen LogP contribution in [0.2, 0.25) is 0 Å².